The Bertz CT molecular complexity index is 322. The highest BCUT2D eigenvalue weighted by Crippen LogP contribution is 2.45. The fourth-order valence-electron chi connectivity index (χ4n) is 1.52. The Kier molecular flexibility index (Phi) is 3.78. The van der Waals surface area contributed by atoms with Crippen LogP contribution in [0, 0.1) is 12.3 Å². The summed E-state index contributed by atoms with van der Waals surface area (Å²) in [6.07, 6.45) is -8.02. The van der Waals surface area contributed by atoms with Gasteiger partial charge in [0.15, 0.2) is 5.92 Å². The number of alkyl halides is 6. The van der Waals surface area contributed by atoms with E-state index in [0.29, 0.717) is 0 Å². The molecule has 0 bridgehead atoms. The Morgan fingerprint density at radius 3 is 1.88 bits per heavy atom. The van der Waals surface area contributed by atoms with Gasteiger partial charge < -0.3 is 4.74 Å². The Morgan fingerprint density at radius 1 is 1.06 bits per heavy atom. The maximum absolute atomic E-state index is 12.4. The van der Waals surface area contributed by atoms with Gasteiger partial charge in [0.2, 0.25) is 0 Å². The van der Waals surface area contributed by atoms with Crippen molar-refractivity contribution in [2.24, 2.45) is 5.92 Å². The first-order valence-corrected chi connectivity index (χ1v) is 4.57. The zero-order chi connectivity index (χ0) is 13.3. The van der Waals surface area contributed by atoms with Gasteiger partial charge in [-0.05, 0) is 18.1 Å². The summed E-state index contributed by atoms with van der Waals surface area (Å²) in [5.74, 6) is -3.17. The zero-order valence-electron chi connectivity index (χ0n) is 8.69. The van der Waals surface area contributed by atoms with Crippen molar-refractivity contribution in [3.8, 4) is 0 Å². The van der Waals surface area contributed by atoms with E-state index >= 15 is 0 Å². The highest BCUT2D eigenvalue weighted by molar-refractivity contribution is 5.30. The summed E-state index contributed by atoms with van der Waals surface area (Å²) in [5.41, 5.74) is -0.731. The van der Waals surface area contributed by atoms with E-state index < -0.39 is 30.3 Å². The molecule has 0 unspecified atom stereocenters. The molecule has 1 rings (SSSR count). The lowest BCUT2D eigenvalue weighted by atomic mass is 9.90. The molecule has 0 amide bonds. The number of ether oxygens (including phenoxy) is 1. The average molecular weight is 259 g/mol. The number of allylic oxidation sites excluding steroid dienone is 4. The molecule has 0 atom stereocenters. The standard InChI is InChI=1S/C10H9F6O/c1-17-7-4-2-6(3-5-7)8(9(11,12)13)10(14,15)16/h2,4-5,8H,3H2,1H3. The van der Waals surface area contributed by atoms with Crippen LogP contribution in [0.15, 0.2) is 23.5 Å². The first kappa shape index (κ1) is 13.9. The average Bonchev–Trinajstić information content (AvgIpc) is 2.14. The molecule has 1 nitrogen and oxygen atoms in total. The second kappa shape index (κ2) is 4.62. The fourth-order valence-corrected chi connectivity index (χ4v) is 1.52. The summed E-state index contributed by atoms with van der Waals surface area (Å²) in [4.78, 5) is 0. The van der Waals surface area contributed by atoms with Gasteiger partial charge in [-0.2, -0.15) is 26.3 Å². The maximum Gasteiger partial charge on any atom is 0.404 e. The molecular weight excluding hydrogens is 250 g/mol. The SMILES string of the molecule is COC1=CC=C(C(C(F)(F)F)C(F)(F)F)C[CH]1. The van der Waals surface area contributed by atoms with Crippen molar-refractivity contribution < 1.29 is 31.1 Å². The van der Waals surface area contributed by atoms with Crippen LogP contribution in [0.4, 0.5) is 26.3 Å². The Labute approximate surface area is 93.7 Å². The van der Waals surface area contributed by atoms with E-state index in [2.05, 4.69) is 4.74 Å². The molecule has 7 heteroatoms. The molecule has 0 fully saturated rings. The highest BCUT2D eigenvalue weighted by Gasteiger charge is 2.58. The third kappa shape index (κ3) is 3.41. The zero-order valence-corrected chi connectivity index (χ0v) is 8.69. The third-order valence-corrected chi connectivity index (χ3v) is 2.26. The minimum Gasteiger partial charge on any atom is -0.501 e. The molecular formula is C10H9F6O. The molecule has 0 aromatic rings. The van der Waals surface area contributed by atoms with Crippen LogP contribution in [0.3, 0.4) is 0 Å². The van der Waals surface area contributed by atoms with Crippen LogP contribution in [-0.2, 0) is 4.74 Å². The molecule has 0 aromatic heterocycles. The number of rotatable bonds is 2. The molecule has 0 heterocycles. The van der Waals surface area contributed by atoms with Crippen molar-refractivity contribution in [3.05, 3.63) is 29.9 Å². The summed E-state index contributed by atoms with van der Waals surface area (Å²) in [6.45, 7) is 0. The summed E-state index contributed by atoms with van der Waals surface area (Å²) < 4.78 is 78.8. The van der Waals surface area contributed by atoms with Gasteiger partial charge in [-0.3, -0.25) is 0 Å². The normalized spacial score (nSPS) is 17.9. The van der Waals surface area contributed by atoms with Gasteiger partial charge in [-0.1, -0.05) is 6.08 Å². The third-order valence-electron chi connectivity index (χ3n) is 2.26. The van der Waals surface area contributed by atoms with E-state index in [-0.39, 0.29) is 5.76 Å². The van der Waals surface area contributed by atoms with E-state index in [1.165, 1.54) is 13.5 Å². The van der Waals surface area contributed by atoms with E-state index in [1.807, 2.05) is 0 Å². The number of halogens is 6. The van der Waals surface area contributed by atoms with E-state index in [0.717, 1.165) is 12.2 Å². The van der Waals surface area contributed by atoms with Crippen molar-refractivity contribution in [2.75, 3.05) is 7.11 Å². The van der Waals surface area contributed by atoms with Gasteiger partial charge in [0.1, 0.15) is 0 Å². The van der Waals surface area contributed by atoms with Crippen LogP contribution in [0.1, 0.15) is 6.42 Å². The first-order valence-electron chi connectivity index (χ1n) is 4.57. The van der Waals surface area contributed by atoms with Crippen molar-refractivity contribution in [1.82, 2.24) is 0 Å². The summed E-state index contributed by atoms with van der Waals surface area (Å²) >= 11 is 0. The molecule has 1 radical (unpaired) electrons. The van der Waals surface area contributed by atoms with Crippen LogP contribution in [0.25, 0.3) is 0 Å². The lowest BCUT2D eigenvalue weighted by Gasteiger charge is -2.26. The molecule has 0 saturated heterocycles. The van der Waals surface area contributed by atoms with E-state index in [4.69, 9.17) is 0 Å². The molecule has 0 aromatic carbocycles. The molecule has 17 heavy (non-hydrogen) atoms. The molecule has 0 aliphatic heterocycles. The van der Waals surface area contributed by atoms with E-state index in [1.54, 1.807) is 0 Å². The van der Waals surface area contributed by atoms with Crippen molar-refractivity contribution in [3.63, 3.8) is 0 Å². The molecule has 97 valence electrons. The second-order valence-electron chi connectivity index (χ2n) is 3.44. The van der Waals surface area contributed by atoms with E-state index in [9.17, 15) is 26.3 Å². The Hall–Kier alpha value is -1.14. The van der Waals surface area contributed by atoms with Crippen LogP contribution in [0.2, 0.25) is 0 Å². The number of hydrogen-bond donors (Lipinski definition) is 0. The quantitative estimate of drug-likeness (QED) is 0.685. The Morgan fingerprint density at radius 2 is 1.59 bits per heavy atom. The van der Waals surface area contributed by atoms with Gasteiger partial charge in [-0.25, -0.2) is 0 Å². The predicted octanol–water partition coefficient (Wildman–Crippen LogP) is 3.79. The first-order chi connectivity index (χ1) is 7.66. The van der Waals surface area contributed by atoms with Gasteiger partial charge in [0.25, 0.3) is 0 Å². The van der Waals surface area contributed by atoms with Crippen molar-refractivity contribution in [2.45, 2.75) is 18.8 Å². The van der Waals surface area contributed by atoms with Gasteiger partial charge in [0, 0.05) is 6.42 Å². The summed E-state index contributed by atoms with van der Waals surface area (Å²) in [6, 6.07) is 0. The van der Waals surface area contributed by atoms with Gasteiger partial charge >= 0.3 is 12.4 Å². The van der Waals surface area contributed by atoms with Crippen LogP contribution >= 0.6 is 0 Å². The number of hydrogen-bond acceptors (Lipinski definition) is 1. The Balaban J connectivity index is 3.03. The van der Waals surface area contributed by atoms with Crippen molar-refractivity contribution >= 4 is 0 Å². The number of methoxy groups -OCH3 is 1. The minimum atomic E-state index is -5.34. The summed E-state index contributed by atoms with van der Waals surface area (Å²) in [5, 5.41) is 0. The van der Waals surface area contributed by atoms with Crippen LogP contribution in [0.5, 0.6) is 0 Å². The molecule has 0 N–H and O–H groups in total. The van der Waals surface area contributed by atoms with Gasteiger partial charge in [-0.15, -0.1) is 0 Å². The minimum absolute atomic E-state index is 0.247. The second-order valence-corrected chi connectivity index (χ2v) is 3.44. The lowest BCUT2D eigenvalue weighted by molar-refractivity contribution is -0.271. The monoisotopic (exact) mass is 259 g/mol. The molecule has 1 aliphatic carbocycles. The topological polar surface area (TPSA) is 9.23 Å². The largest absolute Gasteiger partial charge is 0.501 e. The fraction of sp³-hybridized carbons (Fsp3) is 0.500. The maximum atomic E-state index is 12.4. The predicted molar refractivity (Wildman–Crippen MR) is 47.7 cm³/mol. The molecule has 0 saturated carbocycles. The molecule has 1 aliphatic rings. The molecule has 0 spiro atoms. The lowest BCUT2D eigenvalue weighted by Crippen LogP contribution is -2.38. The highest BCUT2D eigenvalue weighted by atomic mass is 19.4. The smallest absolute Gasteiger partial charge is 0.404 e. The van der Waals surface area contributed by atoms with Gasteiger partial charge in [0.05, 0.1) is 12.9 Å². The summed E-state index contributed by atoms with van der Waals surface area (Å²) in [7, 11) is 1.28. The van der Waals surface area contributed by atoms with Crippen LogP contribution < -0.4 is 0 Å². The van der Waals surface area contributed by atoms with Crippen molar-refractivity contribution in [1.29, 1.82) is 0 Å². The van der Waals surface area contributed by atoms with Crippen LogP contribution in [-0.4, -0.2) is 19.5 Å².